The normalized spacial score (nSPS) is 30.1. The molecule has 1 unspecified atom stereocenters. The van der Waals surface area contributed by atoms with Gasteiger partial charge in [0.25, 0.3) is 10.0 Å². The van der Waals surface area contributed by atoms with E-state index in [1.54, 1.807) is 19.3 Å². The summed E-state index contributed by atoms with van der Waals surface area (Å²) in [6, 6.07) is 1.84. The van der Waals surface area contributed by atoms with Crippen LogP contribution in [0.1, 0.15) is 44.4 Å². The largest absolute Gasteiger partial charge is 0.479 e. The number of anilines is 1. The van der Waals surface area contributed by atoms with Crippen molar-refractivity contribution in [1.82, 2.24) is 9.88 Å². The molecule has 33 heavy (non-hydrogen) atoms. The lowest BCUT2D eigenvalue weighted by molar-refractivity contribution is -0.128. The van der Waals surface area contributed by atoms with E-state index in [9.17, 15) is 8.42 Å². The molecule has 2 aliphatic carbocycles. The summed E-state index contributed by atoms with van der Waals surface area (Å²) in [5.74, 6) is 0.260. The number of hydrogen-bond donors (Lipinski definition) is 1. The zero-order valence-electron chi connectivity index (χ0n) is 19.9. The Morgan fingerprint density at radius 3 is 2.61 bits per heavy atom. The third-order valence-corrected chi connectivity index (χ3v) is 8.93. The molecule has 1 aromatic heterocycles. The molecule has 2 heterocycles. The standard InChI is InChI=1S/C24H34FN3O4S/c1-5-28-12-8-17-14-21(22(32-4)26-20(17)9-13-28)27-33(29,30)19-6-10-23(2,11-7-19)24(25)15-18(16-24)31-3/h6-7,10,14,18,27H,5,8-9,11-13,15-16H2,1-4H3/t18-,23?,24-. The molecule has 0 bridgehead atoms. The molecule has 1 saturated carbocycles. The number of rotatable bonds is 7. The van der Waals surface area contributed by atoms with Gasteiger partial charge < -0.3 is 14.4 Å². The van der Waals surface area contributed by atoms with Gasteiger partial charge in [0, 0.05) is 50.6 Å². The van der Waals surface area contributed by atoms with Crippen LogP contribution in [0.5, 0.6) is 5.88 Å². The quantitative estimate of drug-likeness (QED) is 0.643. The monoisotopic (exact) mass is 479 g/mol. The van der Waals surface area contributed by atoms with Gasteiger partial charge in [0.15, 0.2) is 0 Å². The van der Waals surface area contributed by atoms with Crippen LogP contribution in [0.25, 0.3) is 0 Å². The number of fused-ring (bicyclic) bond motifs is 1. The number of methoxy groups -OCH3 is 2. The lowest BCUT2D eigenvalue weighted by Gasteiger charge is -2.51. The molecule has 7 nitrogen and oxygen atoms in total. The highest BCUT2D eigenvalue weighted by Gasteiger charge is 2.56. The van der Waals surface area contributed by atoms with Gasteiger partial charge in [0.1, 0.15) is 11.4 Å². The summed E-state index contributed by atoms with van der Waals surface area (Å²) in [6.07, 6.45) is 7.29. The molecule has 0 radical (unpaired) electrons. The van der Waals surface area contributed by atoms with Gasteiger partial charge in [-0.1, -0.05) is 26.0 Å². The van der Waals surface area contributed by atoms with Crippen molar-refractivity contribution in [2.24, 2.45) is 5.41 Å². The number of likely N-dealkylation sites (N-methyl/N-ethyl adjacent to an activating group) is 1. The summed E-state index contributed by atoms with van der Waals surface area (Å²) in [7, 11) is -0.799. The Hall–Kier alpha value is -1.97. The van der Waals surface area contributed by atoms with Gasteiger partial charge in [-0.2, -0.15) is 0 Å². The van der Waals surface area contributed by atoms with E-state index < -0.39 is 21.1 Å². The lowest BCUT2D eigenvalue weighted by atomic mass is 9.60. The average Bonchev–Trinajstić information content (AvgIpc) is 2.97. The molecule has 182 valence electrons. The van der Waals surface area contributed by atoms with Crippen molar-refractivity contribution in [2.75, 3.05) is 38.6 Å². The fraction of sp³-hybridized carbons (Fsp3) is 0.625. The van der Waals surface area contributed by atoms with E-state index in [0.717, 1.165) is 43.7 Å². The van der Waals surface area contributed by atoms with Gasteiger partial charge in [-0.25, -0.2) is 17.8 Å². The van der Waals surface area contributed by atoms with Crippen LogP contribution in [0, 0.1) is 5.41 Å². The predicted molar refractivity (Wildman–Crippen MR) is 127 cm³/mol. The minimum absolute atomic E-state index is 0.0754. The van der Waals surface area contributed by atoms with E-state index in [-0.39, 0.29) is 16.9 Å². The van der Waals surface area contributed by atoms with E-state index in [1.165, 1.54) is 13.2 Å². The van der Waals surface area contributed by atoms with Crippen LogP contribution in [0.15, 0.2) is 29.2 Å². The molecule has 1 aliphatic heterocycles. The molecule has 0 spiro atoms. The van der Waals surface area contributed by atoms with E-state index >= 15 is 4.39 Å². The summed E-state index contributed by atoms with van der Waals surface area (Å²) in [4.78, 5) is 7.08. The van der Waals surface area contributed by atoms with Crippen LogP contribution in [0.4, 0.5) is 10.1 Å². The topological polar surface area (TPSA) is 80.8 Å². The molecule has 0 amide bonds. The number of ether oxygens (including phenoxy) is 2. The summed E-state index contributed by atoms with van der Waals surface area (Å²) in [6.45, 7) is 6.76. The van der Waals surface area contributed by atoms with Crippen LogP contribution in [-0.2, 0) is 27.6 Å². The number of halogens is 1. The summed E-state index contributed by atoms with van der Waals surface area (Å²) in [5, 5.41) is 0. The smallest absolute Gasteiger partial charge is 0.261 e. The van der Waals surface area contributed by atoms with Crippen molar-refractivity contribution in [2.45, 2.75) is 57.7 Å². The SMILES string of the molecule is CCN1CCc2cc(NS(=O)(=O)C3=CCC(C)([C@]4(F)C[C@H](OC)C4)C=C3)c(OC)nc2CC1. The van der Waals surface area contributed by atoms with E-state index in [2.05, 4.69) is 21.5 Å². The second kappa shape index (κ2) is 9.00. The summed E-state index contributed by atoms with van der Waals surface area (Å²) >= 11 is 0. The number of hydrogen-bond acceptors (Lipinski definition) is 6. The summed E-state index contributed by atoms with van der Waals surface area (Å²) < 4.78 is 55.0. The van der Waals surface area contributed by atoms with Crippen molar-refractivity contribution in [3.63, 3.8) is 0 Å². The van der Waals surface area contributed by atoms with E-state index in [4.69, 9.17) is 9.47 Å². The first-order valence-electron chi connectivity index (χ1n) is 11.6. The van der Waals surface area contributed by atoms with Gasteiger partial charge in [-0.3, -0.25) is 4.72 Å². The molecule has 1 aromatic rings. The fourth-order valence-electron chi connectivity index (χ4n) is 4.95. The van der Waals surface area contributed by atoms with E-state index in [1.807, 2.05) is 13.0 Å². The van der Waals surface area contributed by atoms with Crippen LogP contribution in [-0.4, -0.2) is 63.9 Å². The number of aromatic nitrogens is 1. The maximum Gasteiger partial charge on any atom is 0.261 e. The molecule has 0 aromatic carbocycles. The highest BCUT2D eigenvalue weighted by atomic mass is 32.2. The maximum absolute atomic E-state index is 15.4. The third kappa shape index (κ3) is 4.55. The van der Waals surface area contributed by atoms with Crippen molar-refractivity contribution in [3.05, 3.63) is 40.5 Å². The number of nitrogens with one attached hydrogen (secondary N) is 1. The Labute approximate surface area is 196 Å². The molecule has 4 rings (SSSR count). The van der Waals surface area contributed by atoms with Crippen molar-refractivity contribution >= 4 is 15.7 Å². The van der Waals surface area contributed by atoms with Gasteiger partial charge >= 0.3 is 0 Å². The van der Waals surface area contributed by atoms with Crippen molar-refractivity contribution in [1.29, 1.82) is 0 Å². The van der Waals surface area contributed by atoms with Crippen LogP contribution in [0.3, 0.4) is 0 Å². The van der Waals surface area contributed by atoms with Crippen LogP contribution >= 0.6 is 0 Å². The maximum atomic E-state index is 15.4. The molecule has 9 heteroatoms. The molecule has 1 fully saturated rings. The first-order valence-corrected chi connectivity index (χ1v) is 13.0. The Bertz CT molecular complexity index is 1070. The molecular weight excluding hydrogens is 445 g/mol. The second-order valence-electron chi connectivity index (χ2n) is 9.48. The minimum Gasteiger partial charge on any atom is -0.479 e. The van der Waals surface area contributed by atoms with E-state index in [0.29, 0.717) is 24.9 Å². The molecular formula is C24H34FN3O4S. The van der Waals surface area contributed by atoms with Crippen LogP contribution < -0.4 is 9.46 Å². The first-order chi connectivity index (χ1) is 15.6. The third-order valence-electron chi connectivity index (χ3n) is 7.52. The zero-order valence-corrected chi connectivity index (χ0v) is 20.7. The van der Waals surface area contributed by atoms with Gasteiger partial charge in [0.2, 0.25) is 5.88 Å². The Morgan fingerprint density at radius 2 is 2.00 bits per heavy atom. The molecule has 0 saturated heterocycles. The van der Waals surface area contributed by atoms with Crippen molar-refractivity contribution < 1.29 is 22.3 Å². The highest BCUT2D eigenvalue weighted by molar-refractivity contribution is 7.96. The first kappa shape index (κ1) is 24.2. The molecule has 1 N–H and O–H groups in total. The lowest BCUT2D eigenvalue weighted by Crippen LogP contribution is -2.54. The minimum atomic E-state index is -3.87. The Balaban J connectivity index is 1.52. The van der Waals surface area contributed by atoms with Crippen molar-refractivity contribution in [3.8, 4) is 5.88 Å². The highest BCUT2D eigenvalue weighted by Crippen LogP contribution is 2.54. The predicted octanol–water partition coefficient (Wildman–Crippen LogP) is 3.62. The number of sulfonamides is 1. The Kier molecular flexibility index (Phi) is 6.59. The summed E-state index contributed by atoms with van der Waals surface area (Å²) in [5.41, 5.74) is 0.159. The number of allylic oxidation sites excluding steroid dienone is 3. The average molecular weight is 480 g/mol. The number of alkyl halides is 1. The Morgan fingerprint density at radius 1 is 1.27 bits per heavy atom. The second-order valence-corrected chi connectivity index (χ2v) is 11.2. The number of pyridine rings is 1. The number of nitrogens with zero attached hydrogens (tertiary/aromatic N) is 2. The molecule has 3 aliphatic rings. The fourth-order valence-corrected chi connectivity index (χ4v) is 6.05. The van der Waals surface area contributed by atoms with Crippen LogP contribution in [0.2, 0.25) is 0 Å². The zero-order chi connectivity index (χ0) is 23.9. The van der Waals surface area contributed by atoms with Gasteiger partial charge in [0.05, 0.1) is 18.1 Å². The van der Waals surface area contributed by atoms with Gasteiger partial charge in [-0.05, 0) is 37.1 Å². The van der Waals surface area contributed by atoms with Gasteiger partial charge in [-0.15, -0.1) is 0 Å². The molecule has 1 atom stereocenters.